The molecule has 3 nitrogen and oxygen atoms in total. The molecule has 0 bridgehead atoms. The molecule has 0 radical (unpaired) electrons. The van der Waals surface area contributed by atoms with Crippen LogP contribution in [0.5, 0.6) is 0 Å². The predicted octanol–water partition coefficient (Wildman–Crippen LogP) is 3.33. The summed E-state index contributed by atoms with van der Waals surface area (Å²) in [4.78, 5) is 8.87. The molecule has 0 spiro atoms. The maximum atomic E-state index is 13.9. The Morgan fingerprint density at radius 1 is 1.10 bits per heavy atom. The second kappa shape index (κ2) is 5.58. The van der Waals surface area contributed by atoms with Gasteiger partial charge in [0.1, 0.15) is 5.82 Å². The second-order valence-electron chi connectivity index (χ2n) is 5.19. The van der Waals surface area contributed by atoms with Gasteiger partial charge in [-0.2, -0.15) is 0 Å². The zero-order chi connectivity index (χ0) is 14.8. The number of nitrogens with zero attached hydrogens (tertiary/aromatic N) is 2. The Balaban J connectivity index is 2.15. The lowest BCUT2D eigenvalue weighted by molar-refractivity contribution is 0.640. The van der Waals surface area contributed by atoms with Crippen molar-refractivity contribution in [3.8, 4) is 11.4 Å². The Labute approximate surface area is 122 Å². The number of halogens is 1. The van der Waals surface area contributed by atoms with E-state index in [-0.39, 0.29) is 11.9 Å². The summed E-state index contributed by atoms with van der Waals surface area (Å²) >= 11 is 0. The van der Waals surface area contributed by atoms with E-state index in [4.69, 9.17) is 5.73 Å². The van der Waals surface area contributed by atoms with Crippen LogP contribution < -0.4 is 5.73 Å². The van der Waals surface area contributed by atoms with E-state index in [1.165, 1.54) is 6.07 Å². The van der Waals surface area contributed by atoms with Crippen molar-refractivity contribution in [3.63, 3.8) is 0 Å². The number of aromatic nitrogens is 2. The molecule has 1 unspecified atom stereocenters. The van der Waals surface area contributed by atoms with Crippen LogP contribution in [-0.4, -0.2) is 16.0 Å². The van der Waals surface area contributed by atoms with Crippen molar-refractivity contribution in [2.24, 2.45) is 5.73 Å². The van der Waals surface area contributed by atoms with Crippen molar-refractivity contribution in [1.82, 2.24) is 9.97 Å². The number of benzene rings is 2. The fraction of sp³-hybridized carbons (Fsp3) is 0.176. The molecule has 0 saturated heterocycles. The van der Waals surface area contributed by atoms with Gasteiger partial charge in [0.15, 0.2) is 5.82 Å². The van der Waals surface area contributed by atoms with E-state index in [0.29, 0.717) is 17.6 Å². The monoisotopic (exact) mass is 281 g/mol. The van der Waals surface area contributed by atoms with Crippen molar-refractivity contribution in [1.29, 1.82) is 0 Å². The average Bonchev–Trinajstić information content (AvgIpc) is 2.47. The Morgan fingerprint density at radius 3 is 2.62 bits per heavy atom. The van der Waals surface area contributed by atoms with Crippen molar-refractivity contribution in [2.45, 2.75) is 19.4 Å². The molecule has 0 amide bonds. The van der Waals surface area contributed by atoms with Gasteiger partial charge in [-0.05, 0) is 30.5 Å². The highest BCUT2D eigenvalue weighted by atomic mass is 19.1. The summed E-state index contributed by atoms with van der Waals surface area (Å²) in [5.41, 5.74) is 7.54. The number of hydrogen-bond donors (Lipinski definition) is 1. The predicted molar refractivity (Wildman–Crippen MR) is 82.3 cm³/mol. The maximum Gasteiger partial charge on any atom is 0.159 e. The van der Waals surface area contributed by atoms with Crippen LogP contribution in [-0.2, 0) is 6.42 Å². The molecular weight excluding hydrogens is 265 g/mol. The smallest absolute Gasteiger partial charge is 0.159 e. The lowest BCUT2D eigenvalue weighted by Crippen LogP contribution is -2.18. The van der Waals surface area contributed by atoms with Gasteiger partial charge in [-0.25, -0.2) is 14.4 Å². The van der Waals surface area contributed by atoms with E-state index < -0.39 is 0 Å². The van der Waals surface area contributed by atoms with Crippen LogP contribution in [0.3, 0.4) is 0 Å². The highest BCUT2D eigenvalue weighted by molar-refractivity contribution is 5.95. The topological polar surface area (TPSA) is 51.8 Å². The molecule has 0 saturated carbocycles. The van der Waals surface area contributed by atoms with Gasteiger partial charge in [-0.15, -0.1) is 0 Å². The maximum absolute atomic E-state index is 13.9. The van der Waals surface area contributed by atoms with Gasteiger partial charge in [-0.1, -0.05) is 24.3 Å². The molecule has 2 aromatic carbocycles. The Hall–Kier alpha value is -2.33. The minimum atomic E-state index is -0.235. The number of rotatable bonds is 3. The first-order chi connectivity index (χ1) is 10.1. The molecule has 3 aromatic rings. The molecular formula is C17H16FN3. The highest BCUT2D eigenvalue weighted by Gasteiger charge is 2.10. The largest absolute Gasteiger partial charge is 0.328 e. The summed E-state index contributed by atoms with van der Waals surface area (Å²) < 4.78 is 13.9. The molecule has 106 valence electrons. The van der Waals surface area contributed by atoms with Crippen LogP contribution in [0.1, 0.15) is 12.6 Å². The second-order valence-corrected chi connectivity index (χ2v) is 5.19. The third kappa shape index (κ3) is 2.76. The molecule has 3 rings (SSSR count). The Kier molecular flexibility index (Phi) is 3.62. The molecule has 1 aromatic heterocycles. The molecule has 2 N–H and O–H groups in total. The Morgan fingerprint density at radius 2 is 1.86 bits per heavy atom. The van der Waals surface area contributed by atoms with Gasteiger partial charge < -0.3 is 5.73 Å². The zero-order valence-electron chi connectivity index (χ0n) is 11.8. The van der Waals surface area contributed by atoms with Gasteiger partial charge >= 0.3 is 0 Å². The van der Waals surface area contributed by atoms with E-state index >= 15 is 0 Å². The third-order valence-corrected chi connectivity index (χ3v) is 3.36. The summed E-state index contributed by atoms with van der Waals surface area (Å²) in [5, 5.41) is 1.40. The SMILES string of the molecule is CC(N)Cc1ccnc(-c2ccc(F)c3ccccc23)n1. The minimum absolute atomic E-state index is 0.0395. The van der Waals surface area contributed by atoms with E-state index in [1.807, 2.05) is 31.2 Å². The third-order valence-electron chi connectivity index (χ3n) is 3.36. The zero-order valence-corrected chi connectivity index (χ0v) is 11.8. The number of hydrogen-bond acceptors (Lipinski definition) is 3. The normalized spacial score (nSPS) is 12.5. The summed E-state index contributed by atoms with van der Waals surface area (Å²) in [6.07, 6.45) is 2.41. The summed E-state index contributed by atoms with van der Waals surface area (Å²) in [6, 6.07) is 12.4. The lowest BCUT2D eigenvalue weighted by atomic mass is 10.0. The first kappa shape index (κ1) is 13.6. The Bertz CT molecular complexity index is 784. The molecule has 0 aliphatic rings. The molecule has 1 heterocycles. The molecule has 1 atom stereocenters. The molecule has 0 aliphatic carbocycles. The fourth-order valence-electron chi connectivity index (χ4n) is 2.43. The fourth-order valence-corrected chi connectivity index (χ4v) is 2.43. The minimum Gasteiger partial charge on any atom is -0.328 e. The van der Waals surface area contributed by atoms with E-state index in [0.717, 1.165) is 16.6 Å². The molecule has 21 heavy (non-hydrogen) atoms. The number of nitrogens with two attached hydrogens (primary N) is 1. The first-order valence-corrected chi connectivity index (χ1v) is 6.90. The van der Waals surface area contributed by atoms with Gasteiger partial charge in [0.05, 0.1) is 0 Å². The highest BCUT2D eigenvalue weighted by Crippen LogP contribution is 2.28. The summed E-state index contributed by atoms with van der Waals surface area (Å²) in [5.74, 6) is 0.366. The van der Waals surface area contributed by atoms with Crippen LogP contribution in [0.15, 0.2) is 48.7 Å². The van der Waals surface area contributed by atoms with Crippen LogP contribution in [0.25, 0.3) is 22.2 Å². The van der Waals surface area contributed by atoms with Crippen LogP contribution in [0, 0.1) is 5.82 Å². The molecule has 0 fully saturated rings. The van der Waals surface area contributed by atoms with Crippen LogP contribution in [0.2, 0.25) is 0 Å². The molecule has 4 heteroatoms. The van der Waals surface area contributed by atoms with Gasteiger partial charge in [0.25, 0.3) is 0 Å². The lowest BCUT2D eigenvalue weighted by Gasteiger charge is -2.09. The standard InChI is InChI=1S/C17H16FN3/c1-11(19)10-12-8-9-20-17(21-12)15-6-7-16(18)14-5-3-2-4-13(14)15/h2-9,11H,10,19H2,1H3. The van der Waals surface area contributed by atoms with Crippen molar-refractivity contribution in [2.75, 3.05) is 0 Å². The summed E-state index contributed by atoms with van der Waals surface area (Å²) in [6.45, 7) is 1.94. The van der Waals surface area contributed by atoms with Crippen LogP contribution in [0.4, 0.5) is 4.39 Å². The van der Waals surface area contributed by atoms with E-state index in [2.05, 4.69) is 9.97 Å². The quantitative estimate of drug-likeness (QED) is 0.801. The van der Waals surface area contributed by atoms with Crippen molar-refractivity contribution in [3.05, 3.63) is 60.2 Å². The van der Waals surface area contributed by atoms with Crippen molar-refractivity contribution < 1.29 is 4.39 Å². The molecule has 0 aliphatic heterocycles. The number of fused-ring (bicyclic) bond motifs is 1. The summed E-state index contributed by atoms with van der Waals surface area (Å²) in [7, 11) is 0. The van der Waals surface area contributed by atoms with E-state index in [9.17, 15) is 4.39 Å². The van der Waals surface area contributed by atoms with E-state index in [1.54, 1.807) is 18.3 Å². The van der Waals surface area contributed by atoms with Crippen LogP contribution >= 0.6 is 0 Å². The van der Waals surface area contributed by atoms with Crippen molar-refractivity contribution >= 4 is 10.8 Å². The van der Waals surface area contributed by atoms with Gasteiger partial charge in [0, 0.05) is 35.3 Å². The average molecular weight is 281 g/mol. The first-order valence-electron chi connectivity index (χ1n) is 6.90. The van der Waals surface area contributed by atoms with Gasteiger partial charge in [0.2, 0.25) is 0 Å². The van der Waals surface area contributed by atoms with Gasteiger partial charge in [-0.3, -0.25) is 0 Å².